The molecule has 0 saturated heterocycles. The molecule has 4 nitrogen and oxygen atoms in total. The number of benzene rings is 2. The highest BCUT2D eigenvalue weighted by atomic mass is 79.9. The molecular weight excluding hydrogens is 392 g/mol. The second-order valence-corrected chi connectivity index (χ2v) is 5.53. The van der Waals surface area contributed by atoms with E-state index in [4.69, 9.17) is 9.47 Å². The van der Waals surface area contributed by atoms with E-state index in [0.717, 1.165) is 0 Å². The van der Waals surface area contributed by atoms with Crippen molar-refractivity contribution in [2.24, 2.45) is 0 Å². The Hall–Kier alpha value is -1.53. The van der Waals surface area contributed by atoms with Gasteiger partial charge in [0.15, 0.2) is 0 Å². The highest BCUT2D eigenvalue weighted by Crippen LogP contribution is 2.35. The third-order valence-corrected chi connectivity index (χ3v) is 3.83. The first-order chi connectivity index (χ1) is 9.52. The van der Waals surface area contributed by atoms with Crippen LogP contribution in [0.15, 0.2) is 45.3 Å². The van der Waals surface area contributed by atoms with Crippen LogP contribution in [0.1, 0.15) is 10.4 Å². The number of carboxylic acid groups (broad SMARTS) is 1. The molecule has 0 aliphatic carbocycles. The van der Waals surface area contributed by atoms with Crippen LogP contribution in [0.25, 0.3) is 0 Å². The normalized spacial score (nSPS) is 10.2. The van der Waals surface area contributed by atoms with Gasteiger partial charge in [-0.2, -0.15) is 0 Å². The largest absolute Gasteiger partial charge is 0.497 e. The monoisotopic (exact) mass is 400 g/mol. The fourth-order valence-electron chi connectivity index (χ4n) is 1.61. The van der Waals surface area contributed by atoms with Gasteiger partial charge in [-0.3, -0.25) is 0 Å². The van der Waals surface area contributed by atoms with Crippen molar-refractivity contribution < 1.29 is 19.4 Å². The second kappa shape index (κ2) is 6.28. The van der Waals surface area contributed by atoms with Gasteiger partial charge < -0.3 is 14.6 Å². The zero-order chi connectivity index (χ0) is 14.7. The number of carbonyl (C=O) groups is 1. The molecule has 2 rings (SSSR count). The van der Waals surface area contributed by atoms with Crippen molar-refractivity contribution in [3.8, 4) is 17.2 Å². The molecule has 0 aliphatic rings. The van der Waals surface area contributed by atoms with E-state index in [1.165, 1.54) is 0 Å². The van der Waals surface area contributed by atoms with E-state index in [1.54, 1.807) is 43.5 Å². The van der Waals surface area contributed by atoms with Crippen LogP contribution >= 0.6 is 31.9 Å². The fourth-order valence-corrected chi connectivity index (χ4v) is 2.56. The molecule has 0 heterocycles. The molecule has 0 unspecified atom stereocenters. The summed E-state index contributed by atoms with van der Waals surface area (Å²) in [7, 11) is 1.57. The quantitative estimate of drug-likeness (QED) is 0.805. The molecule has 0 radical (unpaired) electrons. The second-order valence-electron chi connectivity index (χ2n) is 3.82. The number of ether oxygens (including phenoxy) is 2. The Labute approximate surface area is 132 Å². The van der Waals surface area contributed by atoms with Crippen molar-refractivity contribution in [3.63, 3.8) is 0 Å². The maximum absolute atomic E-state index is 11.3. The number of methoxy groups -OCH3 is 1. The minimum Gasteiger partial charge on any atom is -0.497 e. The SMILES string of the molecule is COc1ccc(Oc2cccc(Br)c2C(=O)O)c(Br)c1. The summed E-state index contributed by atoms with van der Waals surface area (Å²) in [5, 5.41) is 9.23. The number of hydrogen-bond donors (Lipinski definition) is 1. The van der Waals surface area contributed by atoms with Crippen LogP contribution in [0.5, 0.6) is 17.2 Å². The Morgan fingerprint density at radius 1 is 1.10 bits per heavy atom. The predicted octanol–water partition coefficient (Wildman–Crippen LogP) is 4.71. The molecule has 0 atom stereocenters. The summed E-state index contributed by atoms with van der Waals surface area (Å²) in [5.41, 5.74) is 0.0789. The Morgan fingerprint density at radius 3 is 2.45 bits per heavy atom. The summed E-state index contributed by atoms with van der Waals surface area (Å²) in [5.74, 6) is 0.387. The summed E-state index contributed by atoms with van der Waals surface area (Å²) in [6, 6.07) is 10.1. The molecule has 0 aliphatic heterocycles. The van der Waals surface area contributed by atoms with Crippen molar-refractivity contribution >= 4 is 37.8 Å². The third-order valence-electron chi connectivity index (χ3n) is 2.55. The summed E-state index contributed by atoms with van der Waals surface area (Å²) in [6.07, 6.45) is 0. The lowest BCUT2D eigenvalue weighted by atomic mass is 10.2. The lowest BCUT2D eigenvalue weighted by molar-refractivity contribution is 0.0693. The topological polar surface area (TPSA) is 55.8 Å². The Kier molecular flexibility index (Phi) is 4.67. The van der Waals surface area contributed by atoms with Crippen LogP contribution < -0.4 is 9.47 Å². The van der Waals surface area contributed by atoms with E-state index in [9.17, 15) is 9.90 Å². The molecule has 2 aromatic carbocycles. The minimum atomic E-state index is -1.06. The summed E-state index contributed by atoms with van der Waals surface area (Å²) in [4.78, 5) is 11.3. The van der Waals surface area contributed by atoms with Gasteiger partial charge in [-0.15, -0.1) is 0 Å². The average molecular weight is 402 g/mol. The van der Waals surface area contributed by atoms with Gasteiger partial charge in [0.05, 0.1) is 11.6 Å². The van der Waals surface area contributed by atoms with Crippen LogP contribution in [-0.4, -0.2) is 18.2 Å². The first-order valence-electron chi connectivity index (χ1n) is 5.56. The number of carboxylic acids is 1. The van der Waals surface area contributed by atoms with Crippen molar-refractivity contribution in [3.05, 3.63) is 50.9 Å². The molecule has 0 spiro atoms. The van der Waals surface area contributed by atoms with Crippen LogP contribution in [0.2, 0.25) is 0 Å². The van der Waals surface area contributed by atoms with E-state index < -0.39 is 5.97 Å². The molecule has 6 heteroatoms. The lowest BCUT2D eigenvalue weighted by Crippen LogP contribution is -2.01. The zero-order valence-electron chi connectivity index (χ0n) is 10.4. The smallest absolute Gasteiger partial charge is 0.340 e. The molecular formula is C14H10Br2O4. The van der Waals surface area contributed by atoms with Gasteiger partial charge in [-0.05, 0) is 62.2 Å². The van der Waals surface area contributed by atoms with Crippen molar-refractivity contribution in [2.45, 2.75) is 0 Å². The number of rotatable bonds is 4. The maximum Gasteiger partial charge on any atom is 0.340 e. The van der Waals surface area contributed by atoms with E-state index in [2.05, 4.69) is 31.9 Å². The molecule has 1 N–H and O–H groups in total. The van der Waals surface area contributed by atoms with Crippen molar-refractivity contribution in [1.29, 1.82) is 0 Å². The molecule has 0 aromatic heterocycles. The van der Waals surface area contributed by atoms with Gasteiger partial charge in [0.1, 0.15) is 22.8 Å². The van der Waals surface area contributed by atoms with Gasteiger partial charge in [0.2, 0.25) is 0 Å². The summed E-state index contributed by atoms with van der Waals surface area (Å²) in [6.45, 7) is 0. The first kappa shape index (κ1) is 14.9. The number of aromatic carboxylic acids is 1. The van der Waals surface area contributed by atoms with E-state index in [-0.39, 0.29) is 11.3 Å². The Balaban J connectivity index is 2.40. The van der Waals surface area contributed by atoms with Gasteiger partial charge in [-0.1, -0.05) is 6.07 Å². The van der Waals surface area contributed by atoms with Gasteiger partial charge in [0.25, 0.3) is 0 Å². The number of hydrogen-bond acceptors (Lipinski definition) is 3. The van der Waals surface area contributed by atoms with E-state index in [0.29, 0.717) is 20.4 Å². The van der Waals surface area contributed by atoms with Crippen LogP contribution in [-0.2, 0) is 0 Å². The highest BCUT2D eigenvalue weighted by Gasteiger charge is 2.16. The molecule has 0 fully saturated rings. The number of halogens is 2. The van der Waals surface area contributed by atoms with Gasteiger partial charge in [-0.25, -0.2) is 4.79 Å². The summed E-state index contributed by atoms with van der Waals surface area (Å²) >= 11 is 6.57. The predicted molar refractivity (Wildman–Crippen MR) is 81.9 cm³/mol. The van der Waals surface area contributed by atoms with E-state index in [1.807, 2.05) is 0 Å². The molecule has 2 aromatic rings. The fraction of sp³-hybridized carbons (Fsp3) is 0.0714. The molecule has 0 amide bonds. The average Bonchev–Trinajstić information content (AvgIpc) is 2.40. The lowest BCUT2D eigenvalue weighted by Gasteiger charge is -2.12. The molecule has 0 bridgehead atoms. The van der Waals surface area contributed by atoms with Crippen LogP contribution in [0, 0.1) is 0 Å². The third kappa shape index (κ3) is 3.13. The molecule has 0 saturated carbocycles. The Morgan fingerprint density at radius 2 is 1.85 bits per heavy atom. The van der Waals surface area contributed by atoms with Gasteiger partial charge >= 0.3 is 5.97 Å². The van der Waals surface area contributed by atoms with Crippen LogP contribution in [0.3, 0.4) is 0 Å². The molecule has 20 heavy (non-hydrogen) atoms. The zero-order valence-corrected chi connectivity index (χ0v) is 13.6. The van der Waals surface area contributed by atoms with Crippen molar-refractivity contribution in [2.75, 3.05) is 7.11 Å². The van der Waals surface area contributed by atoms with Gasteiger partial charge in [0, 0.05) is 4.47 Å². The van der Waals surface area contributed by atoms with Crippen molar-refractivity contribution in [1.82, 2.24) is 0 Å². The van der Waals surface area contributed by atoms with E-state index >= 15 is 0 Å². The highest BCUT2D eigenvalue weighted by molar-refractivity contribution is 9.10. The maximum atomic E-state index is 11.3. The first-order valence-corrected chi connectivity index (χ1v) is 7.14. The standard InChI is InChI=1S/C14H10Br2O4/c1-19-8-5-6-11(10(16)7-8)20-12-4-2-3-9(15)13(12)14(17)18/h2-7H,1H3,(H,17,18). The molecule has 104 valence electrons. The Bertz CT molecular complexity index is 656. The minimum absolute atomic E-state index is 0.0789. The van der Waals surface area contributed by atoms with Crippen LogP contribution in [0.4, 0.5) is 0 Å². The summed E-state index contributed by atoms with van der Waals surface area (Å²) < 4.78 is 11.9.